The van der Waals surface area contributed by atoms with E-state index in [9.17, 15) is 39.0 Å². The average molecular weight is 496 g/mol. The third-order valence-corrected chi connectivity index (χ3v) is 4.30. The summed E-state index contributed by atoms with van der Waals surface area (Å²) in [6.45, 7) is -2.62. The molecule has 0 aliphatic heterocycles. The van der Waals surface area contributed by atoms with Gasteiger partial charge in [-0.3, -0.25) is 24.0 Å². The van der Waals surface area contributed by atoms with Crippen LogP contribution in [0.4, 0.5) is 0 Å². The Balaban J connectivity index is 2.29. The molecule has 0 saturated carbocycles. The van der Waals surface area contributed by atoms with Crippen LogP contribution in [0.3, 0.4) is 0 Å². The first-order valence-corrected chi connectivity index (χ1v) is 10.3. The lowest BCUT2D eigenvalue weighted by Gasteiger charge is -2.15. The molecular weight excluding hydrogens is 468 g/mol. The van der Waals surface area contributed by atoms with Gasteiger partial charge in [0.1, 0.15) is 17.8 Å². The molecule has 192 valence electrons. The largest absolute Gasteiger partial charge is 0.508 e. The van der Waals surface area contributed by atoms with Gasteiger partial charge >= 0.3 is 5.97 Å². The number of carboxylic acid groups (broad SMARTS) is 1. The van der Waals surface area contributed by atoms with Crippen molar-refractivity contribution in [2.24, 2.45) is 5.73 Å². The molecule has 1 aromatic rings. The second kappa shape index (κ2) is 14.8. The summed E-state index contributed by atoms with van der Waals surface area (Å²) in [6, 6.07) is 3.32. The molecule has 15 heteroatoms. The van der Waals surface area contributed by atoms with Crippen LogP contribution in [-0.4, -0.2) is 95.7 Å². The van der Waals surface area contributed by atoms with Gasteiger partial charge in [0, 0.05) is 6.42 Å². The highest BCUT2D eigenvalue weighted by Crippen LogP contribution is 2.11. The zero-order valence-corrected chi connectivity index (χ0v) is 18.6. The first-order chi connectivity index (χ1) is 16.5. The zero-order chi connectivity index (χ0) is 26.4. The van der Waals surface area contributed by atoms with Gasteiger partial charge in [0.15, 0.2) is 0 Å². The molecular formula is C20H28N6O9. The van der Waals surface area contributed by atoms with Gasteiger partial charge in [-0.05, 0) is 17.7 Å². The van der Waals surface area contributed by atoms with E-state index < -0.39 is 80.4 Å². The number of hydrogen-bond acceptors (Lipinski definition) is 9. The second-order valence-electron chi connectivity index (χ2n) is 7.17. The molecule has 10 N–H and O–H groups in total. The Morgan fingerprint density at radius 2 is 1.23 bits per heavy atom. The van der Waals surface area contributed by atoms with Crippen LogP contribution in [-0.2, 0) is 35.2 Å². The monoisotopic (exact) mass is 496 g/mol. The van der Waals surface area contributed by atoms with E-state index in [1.54, 1.807) is 0 Å². The highest BCUT2D eigenvalue weighted by molar-refractivity contribution is 5.92. The lowest BCUT2D eigenvalue weighted by molar-refractivity contribution is -0.141. The number of rotatable bonds is 14. The van der Waals surface area contributed by atoms with Gasteiger partial charge < -0.3 is 47.6 Å². The molecule has 0 bridgehead atoms. The highest BCUT2D eigenvalue weighted by atomic mass is 16.4. The number of aliphatic carboxylic acids is 1. The lowest BCUT2D eigenvalue weighted by Crippen LogP contribution is -2.49. The number of hydrogen-bond donors (Lipinski definition) is 9. The minimum absolute atomic E-state index is 0.00906. The van der Waals surface area contributed by atoms with E-state index in [1.165, 1.54) is 24.3 Å². The Kier molecular flexibility index (Phi) is 12.2. The van der Waals surface area contributed by atoms with Crippen molar-refractivity contribution in [1.82, 2.24) is 26.6 Å². The Hall–Kier alpha value is -4.24. The molecule has 35 heavy (non-hydrogen) atoms. The van der Waals surface area contributed by atoms with Crippen molar-refractivity contribution < 1.29 is 44.1 Å². The van der Waals surface area contributed by atoms with E-state index in [0.717, 1.165) is 0 Å². The summed E-state index contributed by atoms with van der Waals surface area (Å²) >= 11 is 0. The Labute approximate surface area is 199 Å². The molecule has 0 radical (unpaired) electrons. The molecule has 0 aliphatic rings. The van der Waals surface area contributed by atoms with Crippen LogP contribution in [0.25, 0.3) is 0 Å². The number of benzene rings is 1. The zero-order valence-electron chi connectivity index (χ0n) is 18.6. The molecule has 0 aromatic heterocycles. The third kappa shape index (κ3) is 12.0. The summed E-state index contributed by atoms with van der Waals surface area (Å²) in [5.74, 6) is -4.97. The molecule has 0 unspecified atom stereocenters. The fourth-order valence-corrected chi connectivity index (χ4v) is 2.42. The molecule has 0 spiro atoms. The fraction of sp³-hybridized carbons (Fsp3) is 0.400. The number of nitrogens with two attached hydrogens (primary N) is 1. The second-order valence-corrected chi connectivity index (χ2v) is 7.17. The Bertz CT molecular complexity index is 922. The number of nitrogens with one attached hydrogen (secondary N) is 5. The molecule has 15 nitrogen and oxygen atoms in total. The summed E-state index contributed by atoms with van der Waals surface area (Å²) in [4.78, 5) is 69.7. The molecule has 1 rings (SSSR count). The molecule has 1 aromatic carbocycles. The highest BCUT2D eigenvalue weighted by Gasteiger charge is 2.21. The normalized spacial score (nSPS) is 11.9. The van der Waals surface area contributed by atoms with Crippen molar-refractivity contribution in [3.05, 3.63) is 29.8 Å². The standard InChI is InChI=1S/C20H28N6O9/c21-13(10-27)19(33)25-8-17(31)23-6-15(29)22-7-16(30)24-9-18(32)26-14(20(34)35)5-11-1-3-12(28)4-2-11/h1-4,13-14,27-28H,5-10,21H2,(H,22,29)(H,23,31)(H,24,30)(H,25,33)(H,26,32)(H,34,35)/t13-,14-/m0/s1. The first-order valence-electron chi connectivity index (χ1n) is 10.3. The number of aliphatic hydroxyl groups excluding tert-OH is 1. The minimum Gasteiger partial charge on any atom is -0.508 e. The first kappa shape index (κ1) is 28.8. The SMILES string of the molecule is N[C@@H](CO)C(=O)NCC(=O)NCC(=O)NCC(=O)NCC(=O)N[C@@H](Cc1ccc(O)cc1)C(=O)O. The maximum absolute atomic E-state index is 12.0. The topological polar surface area (TPSA) is 249 Å². The Morgan fingerprint density at radius 1 is 0.771 bits per heavy atom. The van der Waals surface area contributed by atoms with Crippen LogP contribution in [0.5, 0.6) is 5.75 Å². The van der Waals surface area contributed by atoms with E-state index in [4.69, 9.17) is 10.8 Å². The van der Waals surface area contributed by atoms with Gasteiger partial charge in [0.05, 0.1) is 32.8 Å². The van der Waals surface area contributed by atoms with Gasteiger partial charge in [-0.1, -0.05) is 12.1 Å². The van der Waals surface area contributed by atoms with Crippen LogP contribution >= 0.6 is 0 Å². The van der Waals surface area contributed by atoms with Gasteiger partial charge in [-0.15, -0.1) is 0 Å². The summed E-state index contributed by atoms with van der Waals surface area (Å²) in [6.07, 6.45) is -0.0466. The van der Waals surface area contributed by atoms with Gasteiger partial charge in [-0.2, -0.15) is 0 Å². The summed E-state index contributed by atoms with van der Waals surface area (Å²) in [5, 5.41) is 38.3. The summed E-state index contributed by atoms with van der Waals surface area (Å²) in [7, 11) is 0. The van der Waals surface area contributed by atoms with Crippen molar-refractivity contribution in [3.63, 3.8) is 0 Å². The van der Waals surface area contributed by atoms with Gasteiger partial charge in [-0.25, -0.2) is 4.79 Å². The van der Waals surface area contributed by atoms with E-state index in [0.29, 0.717) is 5.56 Å². The number of phenolic OH excluding ortho intramolecular Hbond substituents is 1. The fourth-order valence-electron chi connectivity index (χ4n) is 2.42. The number of phenols is 1. The summed E-state index contributed by atoms with van der Waals surface area (Å²) in [5.41, 5.74) is 5.81. The number of aromatic hydroxyl groups is 1. The van der Waals surface area contributed by atoms with Crippen molar-refractivity contribution in [2.75, 3.05) is 32.8 Å². The van der Waals surface area contributed by atoms with Crippen LogP contribution in [0.15, 0.2) is 24.3 Å². The number of carbonyl (C=O) groups excluding carboxylic acids is 5. The van der Waals surface area contributed by atoms with Crippen LogP contribution in [0.2, 0.25) is 0 Å². The maximum Gasteiger partial charge on any atom is 0.326 e. The number of carbonyl (C=O) groups is 6. The molecule has 0 saturated heterocycles. The average Bonchev–Trinajstić information content (AvgIpc) is 2.83. The minimum atomic E-state index is -1.29. The molecule has 0 fully saturated rings. The van der Waals surface area contributed by atoms with Crippen molar-refractivity contribution in [2.45, 2.75) is 18.5 Å². The van der Waals surface area contributed by atoms with Gasteiger partial charge in [0.2, 0.25) is 29.5 Å². The van der Waals surface area contributed by atoms with E-state index in [1.807, 2.05) is 0 Å². The van der Waals surface area contributed by atoms with E-state index >= 15 is 0 Å². The van der Waals surface area contributed by atoms with Crippen molar-refractivity contribution in [3.8, 4) is 5.75 Å². The summed E-state index contributed by atoms with van der Waals surface area (Å²) < 4.78 is 0. The smallest absolute Gasteiger partial charge is 0.326 e. The quantitative estimate of drug-likeness (QED) is 0.119. The molecule has 0 heterocycles. The van der Waals surface area contributed by atoms with Crippen LogP contribution in [0, 0.1) is 0 Å². The maximum atomic E-state index is 12.0. The number of carboxylic acids is 1. The third-order valence-electron chi connectivity index (χ3n) is 4.30. The Morgan fingerprint density at radius 3 is 1.69 bits per heavy atom. The van der Waals surface area contributed by atoms with Crippen molar-refractivity contribution >= 4 is 35.5 Å². The van der Waals surface area contributed by atoms with Gasteiger partial charge in [0.25, 0.3) is 0 Å². The molecule has 0 aliphatic carbocycles. The van der Waals surface area contributed by atoms with E-state index in [-0.39, 0.29) is 12.2 Å². The van der Waals surface area contributed by atoms with Crippen molar-refractivity contribution in [1.29, 1.82) is 0 Å². The predicted octanol–water partition coefficient (Wildman–Crippen LogP) is -4.71. The van der Waals surface area contributed by atoms with Crippen LogP contribution < -0.4 is 32.3 Å². The predicted molar refractivity (Wildman–Crippen MR) is 118 cm³/mol. The number of amides is 5. The van der Waals surface area contributed by atoms with E-state index in [2.05, 4.69) is 26.6 Å². The molecule has 2 atom stereocenters. The molecule has 5 amide bonds. The lowest BCUT2D eigenvalue weighted by atomic mass is 10.1. The number of aliphatic hydroxyl groups is 1. The van der Waals surface area contributed by atoms with Crippen LogP contribution in [0.1, 0.15) is 5.56 Å².